The number of aryl methyl sites for hydroxylation is 2. The molecule has 0 unspecified atom stereocenters. The molecule has 0 spiro atoms. The van der Waals surface area contributed by atoms with E-state index in [1.54, 1.807) is 49.6 Å². The Bertz CT molecular complexity index is 1520. The maximum absolute atomic E-state index is 11.1. The second kappa shape index (κ2) is 16.5. The Morgan fingerprint density at radius 2 is 1.14 bits per heavy atom. The predicted octanol–water partition coefficient (Wildman–Crippen LogP) is 8.49. The van der Waals surface area contributed by atoms with Crippen LogP contribution in [0.2, 0.25) is 0 Å². The molecule has 0 saturated carbocycles. The van der Waals surface area contributed by atoms with Crippen molar-refractivity contribution in [2.45, 2.75) is 53.4 Å². The molecule has 4 rings (SSSR count). The minimum atomic E-state index is -0.140. The van der Waals surface area contributed by atoms with Crippen molar-refractivity contribution in [2.24, 2.45) is 0 Å². The standard InChI is InChI=1S/C18H21NO3.C17H19NO3/c1-4-6-14-9-10-17(18(11-14)21-3)22-16-8-5-7-15(12-16)19-13(2)20;1-3-5-13-8-9-17(16(20)10-13)21-15-7-4-6-14(11-15)18-12(2)19/h5,7-12H,4,6H2,1-3H3,(H,19,20);4,6-11,20H,3,5H2,1-2H3,(H,18,19). The molecular formula is C35H40N2O6. The lowest BCUT2D eigenvalue weighted by Crippen LogP contribution is -2.05. The Balaban J connectivity index is 0.000000236. The fourth-order valence-electron chi connectivity index (χ4n) is 4.27. The van der Waals surface area contributed by atoms with E-state index in [0.717, 1.165) is 31.2 Å². The number of nitrogens with one attached hydrogen (secondary N) is 2. The van der Waals surface area contributed by atoms with E-state index in [0.29, 0.717) is 40.1 Å². The third kappa shape index (κ3) is 10.7. The van der Waals surface area contributed by atoms with E-state index in [4.69, 9.17) is 14.2 Å². The highest BCUT2D eigenvalue weighted by Crippen LogP contribution is 2.34. The van der Waals surface area contributed by atoms with Gasteiger partial charge in [0.25, 0.3) is 0 Å². The van der Waals surface area contributed by atoms with Crippen molar-refractivity contribution >= 4 is 23.2 Å². The van der Waals surface area contributed by atoms with Crippen LogP contribution in [-0.2, 0) is 22.4 Å². The summed E-state index contributed by atoms with van der Waals surface area (Å²) in [7, 11) is 1.63. The molecule has 0 heterocycles. The number of hydrogen-bond acceptors (Lipinski definition) is 6. The van der Waals surface area contributed by atoms with Gasteiger partial charge in [0.05, 0.1) is 7.11 Å². The molecule has 0 radical (unpaired) electrons. The monoisotopic (exact) mass is 584 g/mol. The van der Waals surface area contributed by atoms with Gasteiger partial charge in [-0.05, 0) is 72.5 Å². The first-order chi connectivity index (χ1) is 20.7. The third-order valence-corrected chi connectivity index (χ3v) is 6.09. The second-order valence-corrected chi connectivity index (χ2v) is 9.91. The van der Waals surface area contributed by atoms with Crippen molar-refractivity contribution in [1.82, 2.24) is 0 Å². The predicted molar refractivity (Wildman–Crippen MR) is 171 cm³/mol. The number of benzene rings is 4. The molecule has 226 valence electrons. The Labute approximate surface area is 253 Å². The smallest absolute Gasteiger partial charge is 0.221 e. The zero-order valence-electron chi connectivity index (χ0n) is 25.4. The molecule has 8 nitrogen and oxygen atoms in total. The van der Waals surface area contributed by atoms with Gasteiger partial charge in [0.15, 0.2) is 23.0 Å². The molecular weight excluding hydrogens is 544 g/mol. The Kier molecular flexibility index (Phi) is 12.5. The van der Waals surface area contributed by atoms with Crippen LogP contribution in [0.5, 0.6) is 34.5 Å². The van der Waals surface area contributed by atoms with Gasteiger partial charge in [-0.2, -0.15) is 0 Å². The Morgan fingerprint density at radius 1 is 0.651 bits per heavy atom. The summed E-state index contributed by atoms with van der Waals surface area (Å²) in [4.78, 5) is 22.2. The molecule has 0 aromatic heterocycles. The number of ether oxygens (including phenoxy) is 3. The lowest BCUT2D eigenvalue weighted by molar-refractivity contribution is -0.115. The van der Waals surface area contributed by atoms with Crippen LogP contribution in [0, 0.1) is 0 Å². The highest BCUT2D eigenvalue weighted by atomic mass is 16.5. The maximum Gasteiger partial charge on any atom is 0.221 e. The maximum atomic E-state index is 11.1. The van der Waals surface area contributed by atoms with E-state index >= 15 is 0 Å². The number of rotatable bonds is 11. The summed E-state index contributed by atoms with van der Waals surface area (Å²) in [6.07, 6.45) is 4.04. The van der Waals surface area contributed by atoms with Gasteiger partial charge in [-0.25, -0.2) is 0 Å². The van der Waals surface area contributed by atoms with Crippen LogP contribution in [0.25, 0.3) is 0 Å². The highest BCUT2D eigenvalue weighted by Gasteiger charge is 2.09. The van der Waals surface area contributed by atoms with Crippen LogP contribution in [-0.4, -0.2) is 24.0 Å². The van der Waals surface area contributed by atoms with Crippen LogP contribution < -0.4 is 24.8 Å². The number of methoxy groups -OCH3 is 1. The molecule has 43 heavy (non-hydrogen) atoms. The first-order valence-corrected chi connectivity index (χ1v) is 14.3. The molecule has 0 saturated heterocycles. The summed E-state index contributed by atoms with van der Waals surface area (Å²) in [6, 6.07) is 25.7. The average Bonchev–Trinajstić information content (AvgIpc) is 2.96. The minimum Gasteiger partial charge on any atom is -0.504 e. The van der Waals surface area contributed by atoms with Gasteiger partial charge in [-0.3, -0.25) is 9.59 Å². The average molecular weight is 585 g/mol. The molecule has 0 aliphatic heterocycles. The van der Waals surface area contributed by atoms with Gasteiger partial charge < -0.3 is 30.0 Å². The first-order valence-electron chi connectivity index (χ1n) is 14.3. The fraction of sp³-hybridized carbons (Fsp3) is 0.257. The molecule has 0 atom stereocenters. The van der Waals surface area contributed by atoms with Crippen molar-refractivity contribution in [2.75, 3.05) is 17.7 Å². The SMILES string of the molecule is CCCc1ccc(Oc2cccc(NC(C)=O)c2)c(O)c1.CCCc1ccc(Oc2cccc(NC(C)=O)c2)c(OC)c1. The van der Waals surface area contributed by atoms with E-state index in [-0.39, 0.29) is 17.6 Å². The van der Waals surface area contributed by atoms with Gasteiger partial charge in [-0.1, -0.05) is 51.0 Å². The zero-order chi connectivity index (χ0) is 31.2. The highest BCUT2D eigenvalue weighted by molar-refractivity contribution is 5.89. The number of phenols is 1. The van der Waals surface area contributed by atoms with Gasteiger partial charge in [0, 0.05) is 37.4 Å². The van der Waals surface area contributed by atoms with Gasteiger partial charge in [0.1, 0.15) is 11.5 Å². The number of aromatic hydroxyl groups is 1. The summed E-state index contributed by atoms with van der Waals surface area (Å²) in [6.45, 7) is 7.16. The zero-order valence-corrected chi connectivity index (χ0v) is 25.4. The summed E-state index contributed by atoms with van der Waals surface area (Å²) in [5, 5.41) is 15.4. The third-order valence-electron chi connectivity index (χ3n) is 6.09. The minimum absolute atomic E-state index is 0.112. The van der Waals surface area contributed by atoms with Crippen LogP contribution >= 0.6 is 0 Å². The summed E-state index contributed by atoms with van der Waals surface area (Å²) < 4.78 is 16.9. The number of hydrogen-bond donors (Lipinski definition) is 3. The Morgan fingerprint density at radius 3 is 1.60 bits per heavy atom. The number of phenolic OH excluding ortho intramolecular Hbond substituents is 1. The Hall–Kier alpha value is -4.98. The number of carbonyl (C=O) groups excluding carboxylic acids is 2. The van der Waals surface area contributed by atoms with Crippen LogP contribution in [0.15, 0.2) is 84.9 Å². The number of amides is 2. The lowest BCUT2D eigenvalue weighted by atomic mass is 10.1. The molecule has 3 N–H and O–H groups in total. The first kappa shape index (κ1) is 32.5. The van der Waals surface area contributed by atoms with Crippen molar-refractivity contribution in [3.05, 3.63) is 96.1 Å². The molecule has 2 amide bonds. The van der Waals surface area contributed by atoms with Crippen LogP contribution in [0.1, 0.15) is 51.7 Å². The van der Waals surface area contributed by atoms with E-state index in [2.05, 4.69) is 24.5 Å². The molecule has 4 aromatic rings. The summed E-state index contributed by atoms with van der Waals surface area (Å²) in [5.41, 5.74) is 3.65. The number of anilines is 2. The quantitative estimate of drug-likeness (QED) is 0.163. The van der Waals surface area contributed by atoms with E-state index in [1.165, 1.54) is 19.4 Å². The molecule has 0 aliphatic carbocycles. The molecule has 0 bridgehead atoms. The normalized spacial score (nSPS) is 10.2. The molecule has 8 heteroatoms. The topological polar surface area (TPSA) is 106 Å². The van der Waals surface area contributed by atoms with E-state index < -0.39 is 0 Å². The molecule has 0 aliphatic rings. The molecule has 4 aromatic carbocycles. The van der Waals surface area contributed by atoms with Crippen molar-refractivity contribution in [1.29, 1.82) is 0 Å². The summed E-state index contributed by atoms with van der Waals surface area (Å²) >= 11 is 0. The summed E-state index contributed by atoms with van der Waals surface area (Å²) in [5.74, 6) is 2.82. The van der Waals surface area contributed by atoms with Crippen LogP contribution in [0.4, 0.5) is 11.4 Å². The van der Waals surface area contributed by atoms with Crippen molar-refractivity contribution in [3.63, 3.8) is 0 Å². The number of carbonyl (C=O) groups is 2. The van der Waals surface area contributed by atoms with Crippen molar-refractivity contribution in [3.8, 4) is 34.5 Å². The molecule has 0 fully saturated rings. The van der Waals surface area contributed by atoms with E-state index in [9.17, 15) is 14.7 Å². The largest absolute Gasteiger partial charge is 0.504 e. The van der Waals surface area contributed by atoms with Crippen LogP contribution in [0.3, 0.4) is 0 Å². The lowest BCUT2D eigenvalue weighted by Gasteiger charge is -2.12. The second-order valence-electron chi connectivity index (χ2n) is 9.91. The van der Waals surface area contributed by atoms with Crippen molar-refractivity contribution < 1.29 is 28.9 Å². The van der Waals surface area contributed by atoms with E-state index in [1.807, 2.05) is 42.5 Å². The van der Waals surface area contributed by atoms with Gasteiger partial charge in [0.2, 0.25) is 11.8 Å². The fourth-order valence-corrected chi connectivity index (χ4v) is 4.27. The van der Waals surface area contributed by atoms with Gasteiger partial charge >= 0.3 is 0 Å². The van der Waals surface area contributed by atoms with Gasteiger partial charge in [-0.15, -0.1) is 0 Å².